The van der Waals surface area contributed by atoms with Crippen molar-refractivity contribution in [2.45, 2.75) is 25.9 Å². The quantitative estimate of drug-likeness (QED) is 0.784. The lowest BCUT2D eigenvalue weighted by atomic mass is 10.0. The molecule has 0 aliphatic rings. The zero-order chi connectivity index (χ0) is 9.73. The maximum atomic E-state index is 9.87. The van der Waals surface area contributed by atoms with Crippen LogP contribution in [0.4, 0.5) is 0 Å². The van der Waals surface area contributed by atoms with Crippen molar-refractivity contribution in [2.75, 3.05) is 13.2 Å². The van der Waals surface area contributed by atoms with Crippen LogP contribution in [0.5, 0.6) is 0 Å². The lowest BCUT2D eigenvalue weighted by molar-refractivity contribution is -0.0292. The van der Waals surface area contributed by atoms with E-state index in [1.54, 1.807) is 30.0 Å². The highest BCUT2D eigenvalue weighted by molar-refractivity contribution is 7.09. The highest BCUT2D eigenvalue weighted by Gasteiger charge is 2.21. The Hall–Kier alpha value is -0.450. The maximum absolute atomic E-state index is 9.87. The molecule has 13 heavy (non-hydrogen) atoms. The maximum Gasteiger partial charge on any atom is 0.0900 e. The predicted octanol–water partition coefficient (Wildman–Crippen LogP) is 1.47. The number of hydrogen-bond acceptors (Lipinski definition) is 4. The van der Waals surface area contributed by atoms with Crippen LogP contribution >= 0.6 is 11.3 Å². The monoisotopic (exact) mass is 201 g/mol. The fourth-order valence-corrected chi connectivity index (χ4v) is 1.85. The number of ether oxygens (including phenoxy) is 1. The van der Waals surface area contributed by atoms with E-state index in [-0.39, 0.29) is 0 Å². The molecule has 1 heterocycles. The van der Waals surface area contributed by atoms with Gasteiger partial charge >= 0.3 is 0 Å². The Kier molecular flexibility index (Phi) is 3.84. The molecule has 74 valence electrons. The van der Waals surface area contributed by atoms with E-state index in [1.807, 2.05) is 6.92 Å². The second kappa shape index (κ2) is 4.69. The first-order valence-corrected chi connectivity index (χ1v) is 5.19. The van der Waals surface area contributed by atoms with Crippen molar-refractivity contribution >= 4 is 11.3 Å². The predicted molar refractivity (Wildman–Crippen MR) is 52.9 cm³/mol. The van der Waals surface area contributed by atoms with Gasteiger partial charge in [0.1, 0.15) is 0 Å². The molecule has 0 saturated heterocycles. The molecule has 0 aliphatic heterocycles. The van der Waals surface area contributed by atoms with Crippen molar-refractivity contribution in [3.63, 3.8) is 0 Å². The summed E-state index contributed by atoms with van der Waals surface area (Å²) in [6.07, 6.45) is 2.39. The summed E-state index contributed by atoms with van der Waals surface area (Å²) in [5.74, 6) is 0. The molecule has 3 nitrogen and oxygen atoms in total. The standard InChI is InChI=1S/C9H15NO2S/c1-3-12-6-9(2,11)4-8-5-10-7-13-8/h5,7,11H,3-4,6H2,1-2H3. The molecule has 1 atom stereocenters. The molecule has 4 heteroatoms. The van der Waals surface area contributed by atoms with Gasteiger partial charge in [-0.05, 0) is 13.8 Å². The average Bonchev–Trinajstić information content (AvgIpc) is 2.52. The molecule has 0 radical (unpaired) electrons. The third-order valence-electron chi connectivity index (χ3n) is 1.66. The van der Waals surface area contributed by atoms with Crippen LogP contribution in [0, 0.1) is 0 Å². The minimum absolute atomic E-state index is 0.376. The van der Waals surface area contributed by atoms with Gasteiger partial charge in [0.15, 0.2) is 0 Å². The van der Waals surface area contributed by atoms with Crippen LogP contribution in [0.2, 0.25) is 0 Å². The number of nitrogens with zero attached hydrogens (tertiary/aromatic N) is 1. The van der Waals surface area contributed by atoms with Crippen molar-refractivity contribution in [3.8, 4) is 0 Å². The van der Waals surface area contributed by atoms with E-state index in [1.165, 1.54) is 0 Å². The minimum atomic E-state index is -0.775. The van der Waals surface area contributed by atoms with Crippen molar-refractivity contribution in [1.29, 1.82) is 0 Å². The first-order chi connectivity index (χ1) is 6.14. The molecule has 1 aromatic heterocycles. The van der Waals surface area contributed by atoms with Gasteiger partial charge in [-0.2, -0.15) is 0 Å². The number of aliphatic hydroxyl groups is 1. The molecule has 0 aliphatic carbocycles. The first kappa shape index (κ1) is 10.6. The van der Waals surface area contributed by atoms with Crippen molar-refractivity contribution in [1.82, 2.24) is 4.98 Å². The second-order valence-electron chi connectivity index (χ2n) is 3.28. The normalized spacial score (nSPS) is 15.6. The summed E-state index contributed by atoms with van der Waals surface area (Å²) >= 11 is 1.56. The zero-order valence-corrected chi connectivity index (χ0v) is 8.80. The van der Waals surface area contributed by atoms with Crippen LogP contribution in [-0.2, 0) is 11.2 Å². The Morgan fingerprint density at radius 2 is 2.46 bits per heavy atom. The number of thiazole rings is 1. The summed E-state index contributed by atoms with van der Waals surface area (Å²) in [6, 6.07) is 0. The number of rotatable bonds is 5. The van der Waals surface area contributed by atoms with Crippen molar-refractivity contribution < 1.29 is 9.84 Å². The molecule has 0 bridgehead atoms. The van der Waals surface area contributed by atoms with Gasteiger partial charge in [0.2, 0.25) is 0 Å². The lowest BCUT2D eigenvalue weighted by Gasteiger charge is -2.21. The summed E-state index contributed by atoms with van der Waals surface area (Å²) in [5, 5.41) is 9.87. The molecule has 0 spiro atoms. The van der Waals surface area contributed by atoms with E-state index < -0.39 is 5.60 Å². The van der Waals surface area contributed by atoms with Crippen LogP contribution in [0.1, 0.15) is 18.7 Å². The Morgan fingerprint density at radius 1 is 1.69 bits per heavy atom. The summed E-state index contributed by atoms with van der Waals surface area (Å²) in [4.78, 5) is 5.04. The molecule has 1 N–H and O–H groups in total. The van der Waals surface area contributed by atoms with Gasteiger partial charge in [-0.25, -0.2) is 0 Å². The Labute approximate surface area is 82.4 Å². The SMILES string of the molecule is CCOCC(C)(O)Cc1cncs1. The topological polar surface area (TPSA) is 42.4 Å². The van der Waals surface area contributed by atoms with E-state index in [9.17, 15) is 5.11 Å². The van der Waals surface area contributed by atoms with E-state index in [0.29, 0.717) is 19.6 Å². The minimum Gasteiger partial charge on any atom is -0.387 e. The Bertz CT molecular complexity index is 234. The van der Waals surface area contributed by atoms with Crippen LogP contribution in [-0.4, -0.2) is 28.9 Å². The highest BCUT2D eigenvalue weighted by atomic mass is 32.1. The summed E-state index contributed by atoms with van der Waals surface area (Å²) < 4.78 is 5.18. The van der Waals surface area contributed by atoms with E-state index in [4.69, 9.17) is 4.74 Å². The molecule has 1 aromatic rings. The van der Waals surface area contributed by atoms with Crippen LogP contribution in [0.15, 0.2) is 11.7 Å². The molecule has 0 aromatic carbocycles. The fraction of sp³-hybridized carbons (Fsp3) is 0.667. The van der Waals surface area contributed by atoms with E-state index >= 15 is 0 Å². The number of hydrogen-bond donors (Lipinski definition) is 1. The van der Waals surface area contributed by atoms with E-state index in [2.05, 4.69) is 4.98 Å². The molecular formula is C9H15NO2S. The smallest absolute Gasteiger partial charge is 0.0900 e. The van der Waals surface area contributed by atoms with Gasteiger partial charge < -0.3 is 9.84 Å². The van der Waals surface area contributed by atoms with Gasteiger partial charge in [0.25, 0.3) is 0 Å². The van der Waals surface area contributed by atoms with Crippen molar-refractivity contribution in [2.24, 2.45) is 0 Å². The largest absolute Gasteiger partial charge is 0.387 e. The van der Waals surface area contributed by atoms with Crippen LogP contribution < -0.4 is 0 Å². The first-order valence-electron chi connectivity index (χ1n) is 4.31. The number of aromatic nitrogens is 1. The molecular weight excluding hydrogens is 186 g/mol. The third-order valence-corrected chi connectivity index (χ3v) is 2.44. The summed E-state index contributed by atoms with van der Waals surface area (Å²) in [5.41, 5.74) is 0.995. The second-order valence-corrected chi connectivity index (χ2v) is 4.25. The summed E-state index contributed by atoms with van der Waals surface area (Å²) in [7, 11) is 0. The summed E-state index contributed by atoms with van der Waals surface area (Å²) in [6.45, 7) is 4.71. The average molecular weight is 201 g/mol. The Balaban J connectivity index is 2.42. The van der Waals surface area contributed by atoms with E-state index in [0.717, 1.165) is 4.88 Å². The van der Waals surface area contributed by atoms with Crippen molar-refractivity contribution in [3.05, 3.63) is 16.6 Å². The Morgan fingerprint density at radius 3 is 3.00 bits per heavy atom. The molecule has 0 fully saturated rings. The van der Waals surface area contributed by atoms with Gasteiger partial charge in [0, 0.05) is 24.1 Å². The molecule has 1 unspecified atom stereocenters. The molecule has 0 saturated carbocycles. The van der Waals surface area contributed by atoms with Gasteiger partial charge in [-0.15, -0.1) is 11.3 Å². The highest BCUT2D eigenvalue weighted by Crippen LogP contribution is 2.16. The third kappa shape index (κ3) is 3.85. The van der Waals surface area contributed by atoms with Gasteiger partial charge in [-0.3, -0.25) is 4.98 Å². The van der Waals surface area contributed by atoms with Gasteiger partial charge in [0.05, 0.1) is 17.7 Å². The fourth-order valence-electron chi connectivity index (χ4n) is 1.08. The van der Waals surface area contributed by atoms with Crippen LogP contribution in [0.25, 0.3) is 0 Å². The molecule has 1 rings (SSSR count). The zero-order valence-electron chi connectivity index (χ0n) is 7.99. The van der Waals surface area contributed by atoms with Gasteiger partial charge in [-0.1, -0.05) is 0 Å². The molecule has 0 amide bonds. The lowest BCUT2D eigenvalue weighted by Crippen LogP contribution is -2.32. The van der Waals surface area contributed by atoms with Crippen LogP contribution in [0.3, 0.4) is 0 Å².